The zero-order valence-electron chi connectivity index (χ0n) is 12.6. The predicted octanol–water partition coefficient (Wildman–Crippen LogP) is 2.97. The molecule has 0 aromatic heterocycles. The van der Waals surface area contributed by atoms with Crippen LogP contribution in [0.15, 0.2) is 24.3 Å². The van der Waals surface area contributed by atoms with Gasteiger partial charge in [0.2, 0.25) is 0 Å². The van der Waals surface area contributed by atoms with E-state index in [0.29, 0.717) is 6.61 Å². The molecule has 0 fully saturated rings. The van der Waals surface area contributed by atoms with Crippen LogP contribution in [0.3, 0.4) is 0 Å². The summed E-state index contributed by atoms with van der Waals surface area (Å²) in [6.45, 7) is 10.1. The molecule has 1 atom stereocenters. The third kappa shape index (κ3) is 5.62. The summed E-state index contributed by atoms with van der Waals surface area (Å²) in [5.41, 5.74) is 0.409. The van der Waals surface area contributed by atoms with Gasteiger partial charge in [-0.2, -0.15) is 0 Å². The summed E-state index contributed by atoms with van der Waals surface area (Å²) in [4.78, 5) is 0. The molecule has 0 amide bonds. The van der Waals surface area contributed by atoms with Crippen LogP contribution in [0.2, 0.25) is 0 Å². The molecule has 0 radical (unpaired) electrons. The van der Waals surface area contributed by atoms with E-state index in [2.05, 4.69) is 18.3 Å². The fourth-order valence-corrected chi connectivity index (χ4v) is 1.55. The van der Waals surface area contributed by atoms with Crippen molar-refractivity contribution in [3.8, 4) is 5.75 Å². The van der Waals surface area contributed by atoms with Crippen molar-refractivity contribution in [3.05, 3.63) is 29.8 Å². The van der Waals surface area contributed by atoms with Crippen molar-refractivity contribution in [2.75, 3.05) is 13.2 Å². The number of rotatable bonds is 8. The van der Waals surface area contributed by atoms with Crippen molar-refractivity contribution in [2.24, 2.45) is 5.92 Å². The monoisotopic (exact) mass is 265 g/mol. The topological polar surface area (TPSA) is 41.5 Å². The zero-order valence-corrected chi connectivity index (χ0v) is 12.6. The Morgan fingerprint density at radius 1 is 1.37 bits per heavy atom. The average Bonchev–Trinajstić information content (AvgIpc) is 2.37. The Balaban J connectivity index is 2.52. The molecule has 0 spiro atoms. The van der Waals surface area contributed by atoms with E-state index in [1.807, 2.05) is 39.0 Å². The minimum absolute atomic E-state index is 0.168. The van der Waals surface area contributed by atoms with Crippen molar-refractivity contribution >= 4 is 0 Å². The highest BCUT2D eigenvalue weighted by Crippen LogP contribution is 2.19. The molecule has 108 valence electrons. The smallest absolute Gasteiger partial charge is 0.119 e. The van der Waals surface area contributed by atoms with Crippen molar-refractivity contribution in [2.45, 2.75) is 46.3 Å². The molecule has 0 heterocycles. The molecule has 0 aliphatic rings. The van der Waals surface area contributed by atoms with Gasteiger partial charge in [0.1, 0.15) is 12.4 Å². The van der Waals surface area contributed by atoms with E-state index in [1.54, 1.807) is 0 Å². The lowest BCUT2D eigenvalue weighted by atomic mass is 9.94. The van der Waals surface area contributed by atoms with Crippen molar-refractivity contribution in [3.63, 3.8) is 0 Å². The first-order chi connectivity index (χ1) is 8.95. The molecule has 19 heavy (non-hydrogen) atoms. The lowest BCUT2D eigenvalue weighted by molar-refractivity contribution is -0.0266. The molecule has 1 aromatic carbocycles. The highest BCUT2D eigenvalue weighted by molar-refractivity contribution is 5.28. The van der Waals surface area contributed by atoms with Gasteiger partial charge in [0.25, 0.3) is 0 Å². The summed E-state index contributed by atoms with van der Waals surface area (Å²) >= 11 is 0. The predicted molar refractivity (Wildman–Crippen MR) is 79.4 cm³/mol. The first-order valence-corrected chi connectivity index (χ1v) is 7.10. The normalized spacial score (nSPS) is 14.4. The van der Waals surface area contributed by atoms with E-state index in [1.165, 1.54) is 5.56 Å². The molecule has 0 aliphatic heterocycles. The maximum Gasteiger partial charge on any atom is 0.119 e. The molecule has 1 rings (SSSR count). The lowest BCUT2D eigenvalue weighted by Gasteiger charge is -2.27. The second kappa shape index (κ2) is 7.51. The Bertz CT molecular complexity index is 375. The quantitative estimate of drug-likeness (QED) is 0.710. The van der Waals surface area contributed by atoms with Crippen LogP contribution in [0.5, 0.6) is 5.75 Å². The Morgan fingerprint density at radius 2 is 2.11 bits per heavy atom. The van der Waals surface area contributed by atoms with Gasteiger partial charge in [0.05, 0.1) is 5.60 Å². The van der Waals surface area contributed by atoms with E-state index >= 15 is 0 Å². The van der Waals surface area contributed by atoms with E-state index in [-0.39, 0.29) is 5.92 Å². The van der Waals surface area contributed by atoms with E-state index < -0.39 is 5.60 Å². The Hall–Kier alpha value is -1.06. The van der Waals surface area contributed by atoms with Crippen LogP contribution in [0.25, 0.3) is 0 Å². The number of ether oxygens (including phenoxy) is 1. The molecule has 1 aromatic rings. The van der Waals surface area contributed by atoms with E-state index in [9.17, 15) is 5.11 Å². The molecule has 3 nitrogen and oxygen atoms in total. The zero-order chi connectivity index (χ0) is 14.3. The minimum Gasteiger partial charge on any atom is -0.491 e. The SMILES string of the molecule is CCCNCc1cccc(OCC(C)(O)C(C)C)c1. The van der Waals surface area contributed by atoms with E-state index in [0.717, 1.165) is 25.3 Å². The molecule has 1 unspecified atom stereocenters. The van der Waals surface area contributed by atoms with Crippen molar-refractivity contribution in [1.29, 1.82) is 0 Å². The third-order valence-corrected chi connectivity index (χ3v) is 3.43. The lowest BCUT2D eigenvalue weighted by Crippen LogP contribution is -2.37. The van der Waals surface area contributed by atoms with Crippen LogP contribution in [0, 0.1) is 5.92 Å². The second-order valence-electron chi connectivity index (χ2n) is 5.62. The standard InChI is InChI=1S/C16H27NO2/c1-5-9-17-11-14-7-6-8-15(10-14)19-12-16(4,18)13(2)3/h6-8,10,13,17-18H,5,9,11-12H2,1-4H3. The van der Waals surface area contributed by atoms with Gasteiger partial charge in [-0.1, -0.05) is 32.9 Å². The first kappa shape index (κ1) is 16.0. The Labute approximate surface area is 117 Å². The number of nitrogens with one attached hydrogen (secondary N) is 1. The maximum absolute atomic E-state index is 10.2. The van der Waals surface area contributed by atoms with Crippen LogP contribution < -0.4 is 10.1 Å². The summed E-state index contributed by atoms with van der Waals surface area (Å²) in [6.07, 6.45) is 1.13. The van der Waals surface area contributed by atoms with Gasteiger partial charge >= 0.3 is 0 Å². The van der Waals surface area contributed by atoms with E-state index in [4.69, 9.17) is 4.74 Å². The van der Waals surface area contributed by atoms with Gasteiger partial charge in [0.15, 0.2) is 0 Å². The molecule has 0 saturated heterocycles. The van der Waals surface area contributed by atoms with Crippen LogP contribution in [-0.2, 0) is 6.54 Å². The summed E-state index contributed by atoms with van der Waals surface area (Å²) < 4.78 is 5.70. The summed E-state index contributed by atoms with van der Waals surface area (Å²) in [6, 6.07) is 8.03. The molecule has 0 aliphatic carbocycles. The highest BCUT2D eigenvalue weighted by Gasteiger charge is 2.25. The molecule has 2 N–H and O–H groups in total. The molecule has 0 bridgehead atoms. The third-order valence-electron chi connectivity index (χ3n) is 3.43. The number of benzene rings is 1. The summed E-state index contributed by atoms with van der Waals surface area (Å²) in [5, 5.41) is 13.5. The van der Waals surface area contributed by atoms with Crippen LogP contribution in [-0.4, -0.2) is 23.9 Å². The maximum atomic E-state index is 10.2. The second-order valence-corrected chi connectivity index (χ2v) is 5.62. The van der Waals surface area contributed by atoms with Gasteiger partial charge in [-0.3, -0.25) is 0 Å². The van der Waals surface area contributed by atoms with Crippen molar-refractivity contribution < 1.29 is 9.84 Å². The van der Waals surface area contributed by atoms with Crippen LogP contribution >= 0.6 is 0 Å². The Morgan fingerprint density at radius 3 is 2.74 bits per heavy atom. The van der Waals surface area contributed by atoms with Gasteiger partial charge < -0.3 is 15.2 Å². The average molecular weight is 265 g/mol. The van der Waals surface area contributed by atoms with Crippen molar-refractivity contribution in [1.82, 2.24) is 5.32 Å². The summed E-state index contributed by atoms with van der Waals surface area (Å²) in [7, 11) is 0. The van der Waals surface area contributed by atoms with Crippen LogP contribution in [0.1, 0.15) is 39.7 Å². The van der Waals surface area contributed by atoms with Gasteiger partial charge in [-0.05, 0) is 43.5 Å². The van der Waals surface area contributed by atoms with Gasteiger partial charge in [-0.15, -0.1) is 0 Å². The Kier molecular flexibility index (Phi) is 6.32. The fourth-order valence-electron chi connectivity index (χ4n) is 1.55. The first-order valence-electron chi connectivity index (χ1n) is 7.10. The largest absolute Gasteiger partial charge is 0.491 e. The highest BCUT2D eigenvalue weighted by atomic mass is 16.5. The number of hydrogen-bond donors (Lipinski definition) is 2. The van der Waals surface area contributed by atoms with Gasteiger partial charge in [0, 0.05) is 6.54 Å². The van der Waals surface area contributed by atoms with Crippen LogP contribution in [0.4, 0.5) is 0 Å². The number of aliphatic hydroxyl groups is 1. The van der Waals surface area contributed by atoms with Gasteiger partial charge in [-0.25, -0.2) is 0 Å². The fraction of sp³-hybridized carbons (Fsp3) is 0.625. The molecular weight excluding hydrogens is 238 g/mol. The molecular formula is C16H27NO2. The minimum atomic E-state index is -0.795. The summed E-state index contributed by atoms with van der Waals surface area (Å²) in [5.74, 6) is 0.985. The number of hydrogen-bond acceptors (Lipinski definition) is 3. The molecule has 0 saturated carbocycles. The molecule has 3 heteroatoms.